The average Bonchev–Trinajstić information content (AvgIpc) is 2.09. The third kappa shape index (κ3) is 6.41. The Bertz CT molecular complexity index is 211. The molecule has 0 aliphatic rings. The van der Waals surface area contributed by atoms with Crippen molar-refractivity contribution in [2.45, 2.75) is 18.9 Å². The molecule has 0 aliphatic carbocycles. The number of primary amides is 1. The van der Waals surface area contributed by atoms with E-state index in [1.807, 2.05) is 0 Å². The molecule has 0 spiro atoms. The Kier molecular flexibility index (Phi) is 5.85. The van der Waals surface area contributed by atoms with E-state index in [-0.39, 0.29) is 19.3 Å². The van der Waals surface area contributed by atoms with Crippen LogP contribution < -0.4 is 16.8 Å². The second kappa shape index (κ2) is 6.36. The van der Waals surface area contributed by atoms with Gasteiger partial charge in [0.1, 0.15) is 0 Å². The Morgan fingerprint density at radius 2 is 2.00 bits per heavy atom. The summed E-state index contributed by atoms with van der Waals surface area (Å²) in [5, 5.41) is 19.0. The molecule has 0 aliphatic heterocycles. The summed E-state index contributed by atoms with van der Waals surface area (Å²) in [5.74, 6) is -1.07. The topological polar surface area (TPSA) is 139 Å². The lowest BCUT2D eigenvalue weighted by Crippen LogP contribution is -2.45. The third-order valence-electron chi connectivity index (χ3n) is 1.50. The van der Waals surface area contributed by atoms with Crippen molar-refractivity contribution in [1.29, 1.82) is 0 Å². The highest BCUT2D eigenvalue weighted by atomic mass is 16.4. The predicted molar refractivity (Wildman–Crippen MR) is 49.6 cm³/mol. The first-order valence-electron chi connectivity index (χ1n) is 4.11. The van der Waals surface area contributed by atoms with Crippen molar-refractivity contribution in [3.63, 3.8) is 0 Å². The van der Waals surface area contributed by atoms with Gasteiger partial charge in [0.2, 0.25) is 11.8 Å². The van der Waals surface area contributed by atoms with E-state index in [0.29, 0.717) is 0 Å². The zero-order valence-electron chi connectivity index (χ0n) is 7.64. The van der Waals surface area contributed by atoms with Crippen LogP contribution in [-0.2, 0) is 9.59 Å². The zero-order chi connectivity index (χ0) is 11.1. The van der Waals surface area contributed by atoms with Crippen molar-refractivity contribution in [2.24, 2.45) is 11.5 Å². The van der Waals surface area contributed by atoms with Crippen LogP contribution in [0.4, 0.5) is 0 Å². The highest BCUT2D eigenvalue weighted by Crippen LogP contribution is 1.93. The molecule has 80 valence electrons. The quantitative estimate of drug-likeness (QED) is 0.288. The number of nitrogens with one attached hydrogen (secondary N) is 1. The molecule has 7 nitrogen and oxygen atoms in total. The fourth-order valence-electron chi connectivity index (χ4n) is 0.752. The average molecular weight is 203 g/mol. The standard InChI is InChI=1S/C6H14BN3O4/c8-4(1-2-5(9)11)6(12)10-3-7(13)14/h4,13-14H,1-3,8H2,(H2,9,11)(H,10,12)/t4-/m0/s1. The molecular formula is C6H14BN3O4. The maximum absolute atomic E-state index is 11.0. The first kappa shape index (κ1) is 12.9. The van der Waals surface area contributed by atoms with Crippen LogP contribution in [0.5, 0.6) is 0 Å². The largest absolute Gasteiger partial charge is 0.472 e. The number of carbonyl (C=O) groups excluding carboxylic acids is 2. The van der Waals surface area contributed by atoms with Crippen LogP contribution in [0.25, 0.3) is 0 Å². The Labute approximate surface area is 81.6 Å². The Morgan fingerprint density at radius 1 is 1.43 bits per heavy atom. The number of hydrogen-bond acceptors (Lipinski definition) is 5. The summed E-state index contributed by atoms with van der Waals surface area (Å²) in [7, 11) is -1.61. The number of rotatable bonds is 6. The molecular weight excluding hydrogens is 189 g/mol. The Hall–Kier alpha value is -1.12. The lowest BCUT2D eigenvalue weighted by molar-refractivity contribution is -0.122. The fourth-order valence-corrected chi connectivity index (χ4v) is 0.752. The van der Waals surface area contributed by atoms with Gasteiger partial charge in [0, 0.05) is 6.42 Å². The van der Waals surface area contributed by atoms with Crippen molar-refractivity contribution in [3.05, 3.63) is 0 Å². The van der Waals surface area contributed by atoms with E-state index in [1.54, 1.807) is 0 Å². The van der Waals surface area contributed by atoms with E-state index >= 15 is 0 Å². The zero-order valence-corrected chi connectivity index (χ0v) is 7.64. The second-order valence-corrected chi connectivity index (χ2v) is 2.84. The van der Waals surface area contributed by atoms with Gasteiger partial charge in [-0.2, -0.15) is 0 Å². The van der Waals surface area contributed by atoms with Gasteiger partial charge in [-0.1, -0.05) is 0 Å². The number of carbonyl (C=O) groups is 2. The van der Waals surface area contributed by atoms with Gasteiger partial charge in [0.15, 0.2) is 0 Å². The summed E-state index contributed by atoms with van der Waals surface area (Å²) in [6.45, 7) is 0. The molecule has 0 aromatic carbocycles. The highest BCUT2D eigenvalue weighted by Gasteiger charge is 2.16. The monoisotopic (exact) mass is 203 g/mol. The normalized spacial score (nSPS) is 11.9. The Balaban J connectivity index is 3.70. The SMILES string of the molecule is NC(=O)CC[C@H](N)C(=O)NCB(O)O. The molecule has 0 fully saturated rings. The molecule has 0 aromatic heterocycles. The van der Waals surface area contributed by atoms with Gasteiger partial charge in [-0.05, 0) is 6.42 Å². The van der Waals surface area contributed by atoms with Gasteiger partial charge >= 0.3 is 7.12 Å². The molecule has 0 rings (SSSR count). The van der Waals surface area contributed by atoms with E-state index in [4.69, 9.17) is 21.5 Å². The number of hydrogen-bond donors (Lipinski definition) is 5. The van der Waals surface area contributed by atoms with Gasteiger partial charge in [-0.25, -0.2) is 0 Å². The molecule has 0 unspecified atom stereocenters. The van der Waals surface area contributed by atoms with E-state index in [9.17, 15) is 9.59 Å². The number of amides is 2. The summed E-state index contributed by atoms with van der Waals surface area (Å²) < 4.78 is 0. The lowest BCUT2D eigenvalue weighted by atomic mass is 9.92. The van der Waals surface area contributed by atoms with Crippen LogP contribution in [0.15, 0.2) is 0 Å². The minimum Gasteiger partial charge on any atom is -0.426 e. The van der Waals surface area contributed by atoms with Gasteiger partial charge in [-0.3, -0.25) is 9.59 Å². The maximum atomic E-state index is 11.0. The molecule has 2 amide bonds. The summed E-state index contributed by atoms with van der Waals surface area (Å²) >= 11 is 0. The molecule has 0 heterocycles. The smallest absolute Gasteiger partial charge is 0.426 e. The van der Waals surface area contributed by atoms with Crippen LogP contribution in [-0.4, -0.2) is 41.5 Å². The maximum Gasteiger partial charge on any atom is 0.472 e. The van der Waals surface area contributed by atoms with E-state index in [0.717, 1.165) is 0 Å². The lowest BCUT2D eigenvalue weighted by Gasteiger charge is -2.10. The van der Waals surface area contributed by atoms with Crippen molar-refractivity contribution < 1.29 is 19.6 Å². The minimum absolute atomic E-state index is 0.0241. The minimum atomic E-state index is -1.61. The van der Waals surface area contributed by atoms with Crippen molar-refractivity contribution in [2.75, 3.05) is 6.44 Å². The molecule has 8 heteroatoms. The fraction of sp³-hybridized carbons (Fsp3) is 0.667. The van der Waals surface area contributed by atoms with Crippen LogP contribution in [0.1, 0.15) is 12.8 Å². The summed E-state index contributed by atoms with van der Waals surface area (Å²) in [4.78, 5) is 21.4. The molecule has 0 saturated heterocycles. The highest BCUT2D eigenvalue weighted by molar-refractivity contribution is 6.41. The van der Waals surface area contributed by atoms with Gasteiger partial charge in [0.25, 0.3) is 0 Å². The summed E-state index contributed by atoms with van der Waals surface area (Å²) in [6.07, 6.45) is -0.123. The van der Waals surface area contributed by atoms with Gasteiger partial charge < -0.3 is 26.8 Å². The summed E-state index contributed by atoms with van der Waals surface area (Å²) in [6, 6.07) is -0.860. The van der Waals surface area contributed by atoms with E-state index in [1.165, 1.54) is 0 Å². The molecule has 0 aromatic rings. The van der Waals surface area contributed by atoms with Crippen LogP contribution in [0.2, 0.25) is 0 Å². The molecule has 7 N–H and O–H groups in total. The molecule has 0 saturated carbocycles. The predicted octanol–water partition coefficient (Wildman–Crippen LogP) is -3.29. The van der Waals surface area contributed by atoms with Gasteiger partial charge in [0.05, 0.1) is 12.5 Å². The molecule has 1 atom stereocenters. The first-order valence-corrected chi connectivity index (χ1v) is 4.11. The van der Waals surface area contributed by atoms with Gasteiger partial charge in [-0.15, -0.1) is 0 Å². The molecule has 0 radical (unpaired) electrons. The van der Waals surface area contributed by atoms with Crippen molar-refractivity contribution in [3.8, 4) is 0 Å². The molecule has 0 bridgehead atoms. The second-order valence-electron chi connectivity index (χ2n) is 2.84. The van der Waals surface area contributed by atoms with E-state index < -0.39 is 25.0 Å². The number of nitrogens with two attached hydrogens (primary N) is 2. The molecule has 14 heavy (non-hydrogen) atoms. The van der Waals surface area contributed by atoms with Crippen molar-refractivity contribution in [1.82, 2.24) is 5.32 Å². The van der Waals surface area contributed by atoms with Crippen molar-refractivity contribution >= 4 is 18.9 Å². The van der Waals surface area contributed by atoms with Crippen LogP contribution in [0.3, 0.4) is 0 Å². The van der Waals surface area contributed by atoms with E-state index in [2.05, 4.69) is 5.32 Å². The first-order chi connectivity index (χ1) is 6.43. The Morgan fingerprint density at radius 3 is 2.43 bits per heavy atom. The summed E-state index contributed by atoms with van der Waals surface area (Å²) in [5.41, 5.74) is 10.2. The van der Waals surface area contributed by atoms with Crippen LogP contribution in [0, 0.1) is 0 Å². The third-order valence-corrected chi connectivity index (χ3v) is 1.50. The van der Waals surface area contributed by atoms with Crippen LogP contribution >= 0.6 is 0 Å².